The summed E-state index contributed by atoms with van der Waals surface area (Å²) in [4.78, 5) is 5.05. The maximum Gasteiger partial charge on any atom is 0.0502 e. The number of benzene rings is 10. The molecular formula is C69H56N2. The van der Waals surface area contributed by atoms with Gasteiger partial charge in [0.2, 0.25) is 0 Å². The Hall–Kier alpha value is -7.94. The van der Waals surface area contributed by atoms with Crippen LogP contribution in [0.25, 0.3) is 60.1 Å². The van der Waals surface area contributed by atoms with E-state index in [4.69, 9.17) is 0 Å². The molecule has 14 rings (SSSR count). The third-order valence-electron chi connectivity index (χ3n) is 17.1. The van der Waals surface area contributed by atoms with Crippen LogP contribution >= 0.6 is 0 Å². The number of hydrogen-bond acceptors (Lipinski definition) is 2. The molecule has 2 heterocycles. The minimum absolute atomic E-state index is 0.163. The van der Waals surface area contributed by atoms with E-state index in [0.717, 1.165) is 24.2 Å². The van der Waals surface area contributed by atoms with Crippen molar-refractivity contribution in [2.24, 2.45) is 0 Å². The monoisotopic (exact) mass is 912 g/mol. The average molecular weight is 913 g/mol. The van der Waals surface area contributed by atoms with E-state index in [0.29, 0.717) is 0 Å². The smallest absolute Gasteiger partial charge is 0.0502 e. The van der Waals surface area contributed by atoms with Crippen LogP contribution in [0.2, 0.25) is 0 Å². The molecule has 0 spiro atoms. The molecule has 2 aliphatic heterocycles. The number of allylic oxidation sites excluding steroid dienone is 4. The number of fused-ring (bicyclic) bond motifs is 9. The van der Waals surface area contributed by atoms with Crippen molar-refractivity contribution in [3.63, 3.8) is 0 Å². The van der Waals surface area contributed by atoms with Gasteiger partial charge in [-0.3, -0.25) is 0 Å². The topological polar surface area (TPSA) is 6.48 Å². The zero-order chi connectivity index (χ0) is 48.0. The Bertz CT molecular complexity index is 3880. The maximum atomic E-state index is 2.53. The van der Waals surface area contributed by atoms with E-state index in [1.165, 1.54) is 122 Å². The summed E-state index contributed by atoms with van der Waals surface area (Å²) in [6.07, 6.45) is 6.96. The van der Waals surface area contributed by atoms with Crippen LogP contribution in [0, 0.1) is 0 Å². The molecule has 0 saturated heterocycles. The van der Waals surface area contributed by atoms with Gasteiger partial charge in [0.05, 0.1) is 22.7 Å². The normalized spacial score (nSPS) is 16.6. The Labute approximate surface area is 417 Å². The second-order valence-corrected chi connectivity index (χ2v) is 21.9. The minimum atomic E-state index is -0.187. The molecule has 2 aliphatic carbocycles. The largest absolute Gasteiger partial charge is 0.310 e. The van der Waals surface area contributed by atoms with Crippen molar-refractivity contribution in [3.05, 3.63) is 245 Å². The van der Waals surface area contributed by atoms with Gasteiger partial charge in [-0.05, 0) is 160 Å². The fraction of sp³-hybridized carbons (Fsp3) is 0.159. The van der Waals surface area contributed by atoms with Crippen molar-refractivity contribution >= 4 is 72.0 Å². The lowest BCUT2D eigenvalue weighted by molar-refractivity contribution is 0.632. The summed E-state index contributed by atoms with van der Waals surface area (Å²) in [5.41, 5.74) is 23.0. The summed E-state index contributed by atoms with van der Waals surface area (Å²) < 4.78 is 0. The lowest BCUT2D eigenvalue weighted by Gasteiger charge is -2.42. The first kappa shape index (κ1) is 42.0. The van der Waals surface area contributed by atoms with Crippen LogP contribution in [-0.4, -0.2) is 0 Å². The van der Waals surface area contributed by atoms with Gasteiger partial charge in [0.25, 0.3) is 0 Å². The molecule has 4 aliphatic rings. The zero-order valence-corrected chi connectivity index (χ0v) is 41.4. The highest BCUT2D eigenvalue weighted by atomic mass is 15.2. The Morgan fingerprint density at radius 3 is 1.35 bits per heavy atom. The van der Waals surface area contributed by atoms with Gasteiger partial charge in [-0.25, -0.2) is 0 Å². The molecule has 71 heavy (non-hydrogen) atoms. The summed E-state index contributed by atoms with van der Waals surface area (Å²) >= 11 is 0. The Morgan fingerprint density at radius 2 is 0.803 bits per heavy atom. The van der Waals surface area contributed by atoms with Crippen molar-refractivity contribution in [1.82, 2.24) is 0 Å². The Kier molecular flexibility index (Phi) is 8.89. The van der Waals surface area contributed by atoms with Gasteiger partial charge < -0.3 is 9.80 Å². The van der Waals surface area contributed by atoms with E-state index in [9.17, 15) is 0 Å². The molecule has 0 saturated carbocycles. The lowest BCUT2D eigenvalue weighted by atomic mass is 9.73. The molecule has 342 valence electrons. The third kappa shape index (κ3) is 5.82. The number of anilines is 6. The molecular weight excluding hydrogens is 857 g/mol. The predicted molar refractivity (Wildman–Crippen MR) is 302 cm³/mol. The predicted octanol–water partition coefficient (Wildman–Crippen LogP) is 19.1. The molecule has 0 aromatic heterocycles. The van der Waals surface area contributed by atoms with Gasteiger partial charge in [0.1, 0.15) is 0 Å². The first-order chi connectivity index (χ1) is 34.5. The third-order valence-corrected chi connectivity index (χ3v) is 17.1. The van der Waals surface area contributed by atoms with Gasteiger partial charge in [-0.15, -0.1) is 0 Å². The highest BCUT2D eigenvalue weighted by Crippen LogP contribution is 2.59. The van der Waals surface area contributed by atoms with E-state index in [1.807, 2.05) is 0 Å². The van der Waals surface area contributed by atoms with Crippen LogP contribution in [0.5, 0.6) is 0 Å². The summed E-state index contributed by atoms with van der Waals surface area (Å²) in [7, 11) is 0. The molecule has 0 bridgehead atoms. The van der Waals surface area contributed by atoms with Gasteiger partial charge in [0.15, 0.2) is 0 Å². The maximum absolute atomic E-state index is 2.53. The number of hydrogen-bond donors (Lipinski definition) is 0. The first-order valence-corrected chi connectivity index (χ1v) is 25.6. The summed E-state index contributed by atoms with van der Waals surface area (Å²) in [6, 6.07) is 73.9. The SMILES string of the molecule is CC1(C)C2=C(CCC=C2)c2cccc(-c3c4cc(N5c6ccccc6C(C)(C)c6ccccc65)ccc4c(-c4cccc5ccccc45)c4cc(N5c6ccccc6C(C)(C)c6ccccc65)ccc34)c21. The summed E-state index contributed by atoms with van der Waals surface area (Å²) in [5.74, 6) is 0. The lowest BCUT2D eigenvalue weighted by Crippen LogP contribution is -2.30. The molecule has 2 nitrogen and oxygen atoms in total. The van der Waals surface area contributed by atoms with Crippen molar-refractivity contribution in [2.45, 2.75) is 70.6 Å². The molecule has 0 fully saturated rings. The average Bonchev–Trinajstić information content (AvgIpc) is 3.64. The number of nitrogens with zero attached hydrogens (tertiary/aromatic N) is 2. The quantitative estimate of drug-likeness (QED) is 0.162. The number of rotatable bonds is 4. The highest BCUT2D eigenvalue weighted by Gasteiger charge is 2.41. The fourth-order valence-corrected chi connectivity index (χ4v) is 13.8. The van der Waals surface area contributed by atoms with Gasteiger partial charge in [0, 0.05) is 27.6 Å². The van der Waals surface area contributed by atoms with E-state index in [2.05, 4.69) is 258 Å². The van der Waals surface area contributed by atoms with Crippen molar-refractivity contribution in [1.29, 1.82) is 0 Å². The van der Waals surface area contributed by atoms with Crippen molar-refractivity contribution in [2.75, 3.05) is 9.80 Å². The molecule has 10 aromatic carbocycles. The molecule has 0 atom stereocenters. The van der Waals surface area contributed by atoms with Crippen LogP contribution in [0.3, 0.4) is 0 Å². The van der Waals surface area contributed by atoms with E-state index < -0.39 is 0 Å². The van der Waals surface area contributed by atoms with Crippen LogP contribution in [0.1, 0.15) is 87.8 Å². The Balaban J connectivity index is 1.13. The van der Waals surface area contributed by atoms with Crippen LogP contribution < -0.4 is 9.80 Å². The molecule has 0 N–H and O–H groups in total. The highest BCUT2D eigenvalue weighted by molar-refractivity contribution is 6.25. The minimum Gasteiger partial charge on any atom is -0.310 e. The molecule has 0 unspecified atom stereocenters. The zero-order valence-electron chi connectivity index (χ0n) is 41.4. The second kappa shape index (κ2) is 15.0. The standard InChI is InChI=1S/C69H56N2/c1-67(2)56-29-11-15-33-60(56)70(61-34-16-12-30-57(61)67)44-38-40-50-53(41-44)64(48-25-19-22-43-21-7-8-23-46(43)48)49-39-37-45(71-62-35-17-13-31-58(62)68(3,4)59-32-14-18-36-63(59)71)42-54(49)65(50)52-27-20-26-51-47-24-9-10-28-55(47)69(5,6)66(51)52/h7-8,10-23,25-42H,9,24H2,1-6H3. The van der Waals surface area contributed by atoms with E-state index in [-0.39, 0.29) is 16.2 Å². The summed E-state index contributed by atoms with van der Waals surface area (Å²) in [6.45, 7) is 14.4. The Morgan fingerprint density at radius 1 is 0.366 bits per heavy atom. The van der Waals surface area contributed by atoms with Crippen molar-refractivity contribution in [3.8, 4) is 22.3 Å². The summed E-state index contributed by atoms with van der Waals surface area (Å²) in [5, 5.41) is 7.49. The first-order valence-electron chi connectivity index (χ1n) is 25.6. The van der Waals surface area contributed by atoms with Gasteiger partial charge in [-0.2, -0.15) is 0 Å². The van der Waals surface area contributed by atoms with Crippen molar-refractivity contribution < 1.29 is 0 Å². The van der Waals surface area contributed by atoms with E-state index in [1.54, 1.807) is 0 Å². The van der Waals surface area contributed by atoms with Gasteiger partial charge in [-0.1, -0.05) is 199 Å². The molecule has 2 heteroatoms. The fourth-order valence-electron chi connectivity index (χ4n) is 13.8. The molecule has 10 aromatic rings. The van der Waals surface area contributed by atoms with Crippen LogP contribution in [0.15, 0.2) is 212 Å². The van der Waals surface area contributed by atoms with Crippen LogP contribution in [0.4, 0.5) is 34.1 Å². The molecule has 0 amide bonds. The van der Waals surface area contributed by atoms with Gasteiger partial charge >= 0.3 is 0 Å². The van der Waals surface area contributed by atoms with E-state index >= 15 is 0 Å². The number of para-hydroxylation sites is 4. The molecule has 0 radical (unpaired) electrons. The second-order valence-electron chi connectivity index (χ2n) is 21.9. The van der Waals surface area contributed by atoms with Crippen LogP contribution in [-0.2, 0) is 16.2 Å².